The van der Waals surface area contributed by atoms with Crippen molar-refractivity contribution in [2.75, 3.05) is 5.32 Å². The number of carbonyl (C=O) groups is 1. The summed E-state index contributed by atoms with van der Waals surface area (Å²) in [5.41, 5.74) is 7.54. The van der Waals surface area contributed by atoms with Crippen LogP contribution < -0.4 is 11.1 Å². The largest absolute Gasteiger partial charge is 0.374 e. The molecule has 1 atom stereocenters. The van der Waals surface area contributed by atoms with Crippen molar-refractivity contribution in [2.24, 2.45) is 5.73 Å². The highest BCUT2D eigenvalue weighted by atomic mass is 35.5. The van der Waals surface area contributed by atoms with Gasteiger partial charge in [-0.15, -0.1) is 12.4 Å². The van der Waals surface area contributed by atoms with Gasteiger partial charge in [-0.2, -0.15) is 0 Å². The Morgan fingerprint density at radius 3 is 2.52 bits per heavy atom. The Hall–Kier alpha value is -1.10. The molecule has 118 valence electrons. The molecule has 1 amide bonds. The molecule has 0 saturated heterocycles. The molecular weight excluding hydrogens is 288 g/mol. The molecule has 1 aromatic rings. The molecule has 0 aliphatic heterocycles. The first kappa shape index (κ1) is 18.0. The molecule has 4 nitrogen and oxygen atoms in total. The molecule has 1 aliphatic carbocycles. The van der Waals surface area contributed by atoms with Crippen molar-refractivity contribution in [3.8, 4) is 0 Å². The van der Waals surface area contributed by atoms with Gasteiger partial charge in [-0.1, -0.05) is 25.0 Å². The third-order valence-electron chi connectivity index (χ3n) is 3.53. The van der Waals surface area contributed by atoms with E-state index in [2.05, 4.69) is 5.32 Å². The first-order chi connectivity index (χ1) is 9.63. The van der Waals surface area contributed by atoms with Crippen LogP contribution in [0.15, 0.2) is 24.3 Å². The minimum absolute atomic E-state index is 0. The van der Waals surface area contributed by atoms with Crippen molar-refractivity contribution in [3.05, 3.63) is 29.8 Å². The van der Waals surface area contributed by atoms with Gasteiger partial charge >= 0.3 is 0 Å². The van der Waals surface area contributed by atoms with Crippen LogP contribution in [-0.4, -0.2) is 18.1 Å². The van der Waals surface area contributed by atoms with Gasteiger partial charge in [0.2, 0.25) is 5.91 Å². The van der Waals surface area contributed by atoms with Crippen LogP contribution in [0.25, 0.3) is 0 Å². The second kappa shape index (κ2) is 9.03. The van der Waals surface area contributed by atoms with E-state index in [1.807, 2.05) is 31.2 Å². The lowest BCUT2D eigenvalue weighted by Gasteiger charge is -2.12. The smallest absolute Gasteiger partial charge is 0.225 e. The molecule has 1 fully saturated rings. The number of hydrogen-bond acceptors (Lipinski definition) is 3. The molecule has 0 heterocycles. The van der Waals surface area contributed by atoms with Crippen LogP contribution in [0.1, 0.15) is 44.6 Å². The Balaban J connectivity index is 0.00000220. The zero-order valence-electron chi connectivity index (χ0n) is 12.5. The quantitative estimate of drug-likeness (QED) is 0.847. The molecule has 0 radical (unpaired) electrons. The fraction of sp³-hybridized carbons (Fsp3) is 0.562. The molecule has 5 heteroatoms. The first-order valence-corrected chi connectivity index (χ1v) is 7.39. The van der Waals surface area contributed by atoms with Crippen molar-refractivity contribution in [2.45, 2.75) is 57.8 Å². The van der Waals surface area contributed by atoms with Crippen LogP contribution in [0.4, 0.5) is 5.69 Å². The van der Waals surface area contributed by atoms with E-state index in [4.69, 9.17) is 10.5 Å². The molecule has 1 unspecified atom stereocenters. The Bertz CT molecular complexity index is 428. The average molecular weight is 313 g/mol. The SMILES string of the molecule is CC(N)CC(=O)Nc1ccc(COC2CCCC2)cc1.Cl. The maximum absolute atomic E-state index is 11.6. The monoisotopic (exact) mass is 312 g/mol. The Labute approximate surface area is 132 Å². The molecule has 1 aromatic carbocycles. The van der Waals surface area contributed by atoms with Crippen LogP contribution in [0.3, 0.4) is 0 Å². The van der Waals surface area contributed by atoms with Crippen LogP contribution >= 0.6 is 12.4 Å². The summed E-state index contributed by atoms with van der Waals surface area (Å²) in [7, 11) is 0. The summed E-state index contributed by atoms with van der Waals surface area (Å²) in [6.07, 6.45) is 5.72. The standard InChI is InChI=1S/C16H24N2O2.ClH/c1-12(17)10-16(19)18-14-8-6-13(7-9-14)11-20-15-4-2-3-5-15;/h6-9,12,15H,2-5,10-11,17H2,1H3,(H,18,19);1H. The predicted molar refractivity (Wildman–Crippen MR) is 87.6 cm³/mol. The Morgan fingerprint density at radius 2 is 1.95 bits per heavy atom. The summed E-state index contributed by atoms with van der Waals surface area (Å²) in [4.78, 5) is 11.6. The second-order valence-corrected chi connectivity index (χ2v) is 5.64. The van der Waals surface area contributed by atoms with E-state index >= 15 is 0 Å². The van der Waals surface area contributed by atoms with Gasteiger partial charge in [-0.3, -0.25) is 4.79 Å². The van der Waals surface area contributed by atoms with Gasteiger partial charge in [0.1, 0.15) is 0 Å². The average Bonchev–Trinajstić information content (AvgIpc) is 2.90. The van der Waals surface area contributed by atoms with E-state index < -0.39 is 0 Å². The number of ether oxygens (including phenoxy) is 1. The molecule has 1 aliphatic rings. The minimum atomic E-state index is -0.117. The summed E-state index contributed by atoms with van der Waals surface area (Å²) in [5.74, 6) is -0.0463. The number of nitrogens with one attached hydrogen (secondary N) is 1. The first-order valence-electron chi connectivity index (χ1n) is 7.39. The van der Waals surface area contributed by atoms with Crippen molar-refractivity contribution < 1.29 is 9.53 Å². The molecule has 0 aromatic heterocycles. The third kappa shape index (κ3) is 6.46. The van der Waals surface area contributed by atoms with Crippen LogP contribution in [0.2, 0.25) is 0 Å². The van der Waals surface area contributed by atoms with Gasteiger partial charge in [0.15, 0.2) is 0 Å². The topological polar surface area (TPSA) is 64.4 Å². The van der Waals surface area contributed by atoms with Gasteiger partial charge in [-0.05, 0) is 37.5 Å². The summed E-state index contributed by atoms with van der Waals surface area (Å²) in [5, 5.41) is 2.84. The van der Waals surface area contributed by atoms with Gasteiger partial charge in [0.05, 0.1) is 12.7 Å². The summed E-state index contributed by atoms with van der Waals surface area (Å²) in [6, 6.07) is 7.69. The zero-order valence-corrected chi connectivity index (χ0v) is 13.3. The van der Waals surface area contributed by atoms with E-state index in [1.54, 1.807) is 0 Å². The molecular formula is C16H25ClN2O2. The zero-order chi connectivity index (χ0) is 14.4. The van der Waals surface area contributed by atoms with Crippen LogP contribution in [0, 0.1) is 0 Å². The Kier molecular flexibility index (Phi) is 7.72. The van der Waals surface area contributed by atoms with Crippen LogP contribution in [0.5, 0.6) is 0 Å². The number of amides is 1. The summed E-state index contributed by atoms with van der Waals surface area (Å²) < 4.78 is 5.86. The van der Waals surface area contributed by atoms with Crippen molar-refractivity contribution >= 4 is 24.0 Å². The summed E-state index contributed by atoms with van der Waals surface area (Å²) >= 11 is 0. The van der Waals surface area contributed by atoms with Crippen molar-refractivity contribution in [1.82, 2.24) is 0 Å². The third-order valence-corrected chi connectivity index (χ3v) is 3.53. The fourth-order valence-corrected chi connectivity index (χ4v) is 2.46. The van der Waals surface area contributed by atoms with E-state index in [0.29, 0.717) is 19.1 Å². The maximum Gasteiger partial charge on any atom is 0.225 e. The highest BCUT2D eigenvalue weighted by Crippen LogP contribution is 2.22. The number of hydrogen-bond donors (Lipinski definition) is 2. The molecule has 21 heavy (non-hydrogen) atoms. The number of halogens is 1. The summed E-state index contributed by atoms with van der Waals surface area (Å²) in [6.45, 7) is 2.47. The van der Waals surface area contributed by atoms with Crippen LogP contribution in [-0.2, 0) is 16.1 Å². The highest BCUT2D eigenvalue weighted by molar-refractivity contribution is 5.91. The lowest BCUT2D eigenvalue weighted by molar-refractivity contribution is -0.116. The number of rotatable bonds is 6. The molecule has 1 saturated carbocycles. The molecule has 0 spiro atoms. The Morgan fingerprint density at radius 1 is 1.33 bits per heavy atom. The fourth-order valence-electron chi connectivity index (χ4n) is 2.46. The van der Waals surface area contributed by atoms with Crippen molar-refractivity contribution in [1.29, 1.82) is 0 Å². The van der Waals surface area contributed by atoms with Gasteiger partial charge in [-0.25, -0.2) is 0 Å². The number of nitrogens with two attached hydrogens (primary N) is 1. The molecule has 2 rings (SSSR count). The van der Waals surface area contributed by atoms with E-state index in [-0.39, 0.29) is 24.4 Å². The highest BCUT2D eigenvalue weighted by Gasteiger charge is 2.15. The maximum atomic E-state index is 11.6. The van der Waals surface area contributed by atoms with E-state index in [9.17, 15) is 4.79 Å². The molecule has 3 N–H and O–H groups in total. The van der Waals surface area contributed by atoms with E-state index in [1.165, 1.54) is 25.7 Å². The van der Waals surface area contributed by atoms with Crippen molar-refractivity contribution in [3.63, 3.8) is 0 Å². The second-order valence-electron chi connectivity index (χ2n) is 5.64. The number of carbonyl (C=O) groups excluding carboxylic acids is 1. The number of benzene rings is 1. The predicted octanol–water partition coefficient (Wildman–Crippen LogP) is 3.24. The lowest BCUT2D eigenvalue weighted by Crippen LogP contribution is -2.23. The van der Waals surface area contributed by atoms with E-state index in [0.717, 1.165) is 11.3 Å². The normalized spacial score (nSPS) is 16.3. The number of anilines is 1. The van der Waals surface area contributed by atoms with Gasteiger partial charge in [0.25, 0.3) is 0 Å². The van der Waals surface area contributed by atoms with Gasteiger partial charge in [0, 0.05) is 18.2 Å². The lowest BCUT2D eigenvalue weighted by atomic mass is 10.2. The van der Waals surface area contributed by atoms with Gasteiger partial charge < -0.3 is 15.8 Å². The molecule has 0 bridgehead atoms. The minimum Gasteiger partial charge on any atom is -0.374 e.